The monoisotopic (exact) mass is 412 g/mol. The van der Waals surface area contributed by atoms with Crippen molar-refractivity contribution in [1.29, 1.82) is 0 Å². The Bertz CT molecular complexity index is 722. The summed E-state index contributed by atoms with van der Waals surface area (Å²) >= 11 is 6.03. The maximum absolute atomic E-state index is 10.7. The Kier molecular flexibility index (Phi) is 9.92. The number of nitrogens with zero attached hydrogens (tertiary/aromatic N) is 2. The van der Waals surface area contributed by atoms with E-state index >= 15 is 0 Å². The summed E-state index contributed by atoms with van der Waals surface area (Å²) in [4.78, 5) is 17.5. The summed E-state index contributed by atoms with van der Waals surface area (Å²) in [6, 6.07) is 13.6. The van der Waals surface area contributed by atoms with Gasteiger partial charge in [-0.05, 0) is 55.6 Å². The molecule has 1 aliphatic rings. The number of pyridine rings is 1. The molecule has 3 rings (SSSR count). The van der Waals surface area contributed by atoms with Crippen LogP contribution in [0.3, 0.4) is 0 Å². The molecule has 1 aromatic heterocycles. The molecule has 5 nitrogen and oxygen atoms in total. The zero-order valence-electron chi connectivity index (χ0n) is 15.3. The van der Waals surface area contributed by atoms with Crippen LogP contribution in [0.4, 0.5) is 0 Å². The van der Waals surface area contributed by atoms with Crippen LogP contribution in [0.5, 0.6) is 0 Å². The van der Waals surface area contributed by atoms with Gasteiger partial charge in [0.25, 0.3) is 0 Å². The summed E-state index contributed by atoms with van der Waals surface area (Å²) in [7, 11) is 0. The molecule has 1 atom stereocenters. The minimum absolute atomic E-state index is 0. The number of aliphatic carboxylic acids is 1. The molecule has 0 aliphatic carbocycles. The van der Waals surface area contributed by atoms with Crippen molar-refractivity contribution in [3.8, 4) is 0 Å². The quantitative estimate of drug-likeness (QED) is 0.672. The number of rotatable bonds is 8. The van der Waals surface area contributed by atoms with Crippen molar-refractivity contribution < 1.29 is 14.6 Å². The van der Waals surface area contributed by atoms with Gasteiger partial charge in [-0.2, -0.15) is 0 Å². The van der Waals surface area contributed by atoms with Gasteiger partial charge in [-0.1, -0.05) is 29.8 Å². The van der Waals surface area contributed by atoms with E-state index in [4.69, 9.17) is 21.4 Å². The van der Waals surface area contributed by atoms with Crippen LogP contribution in [0.25, 0.3) is 0 Å². The normalized spacial score (nSPS) is 16.3. The van der Waals surface area contributed by atoms with Crippen LogP contribution < -0.4 is 0 Å². The summed E-state index contributed by atoms with van der Waals surface area (Å²) in [6.07, 6.45) is 4.52. The fourth-order valence-electron chi connectivity index (χ4n) is 3.40. The average molecular weight is 413 g/mol. The zero-order chi connectivity index (χ0) is 19.1. The second-order valence-corrected chi connectivity index (χ2v) is 7.30. The van der Waals surface area contributed by atoms with Crippen LogP contribution >= 0.6 is 11.6 Å². The fraction of sp³-hybridized carbons (Fsp3) is 0.429. The first-order valence-electron chi connectivity index (χ1n) is 9.38. The van der Waals surface area contributed by atoms with Crippen LogP contribution in [-0.2, 0) is 9.53 Å². The molecule has 2 heterocycles. The first kappa shape index (κ1) is 23.3. The predicted molar refractivity (Wildman–Crippen MR) is 112 cm³/mol. The molecule has 0 bridgehead atoms. The van der Waals surface area contributed by atoms with E-state index in [-0.39, 0.29) is 48.2 Å². The molecular formula is C21H26ClN2NaO3. The summed E-state index contributed by atoms with van der Waals surface area (Å²) < 4.78 is 6.47. The van der Waals surface area contributed by atoms with Gasteiger partial charge in [0.15, 0.2) is 0 Å². The Hall–Kier alpha value is -0.950. The van der Waals surface area contributed by atoms with Crippen molar-refractivity contribution in [3.63, 3.8) is 0 Å². The molecular weight excluding hydrogens is 387 g/mol. The van der Waals surface area contributed by atoms with E-state index in [1.165, 1.54) is 0 Å². The van der Waals surface area contributed by atoms with Crippen LogP contribution in [-0.4, -0.2) is 76.3 Å². The topological polar surface area (TPSA) is 62.7 Å². The van der Waals surface area contributed by atoms with Crippen molar-refractivity contribution in [3.05, 3.63) is 64.9 Å². The third-order valence-corrected chi connectivity index (χ3v) is 5.11. The molecule has 1 saturated heterocycles. The molecule has 0 radical (unpaired) electrons. The first-order chi connectivity index (χ1) is 13.1. The summed E-state index contributed by atoms with van der Waals surface area (Å²) in [5.41, 5.74) is 1.94. The molecule has 2 aromatic rings. The number of carboxylic acids is 1. The zero-order valence-corrected chi connectivity index (χ0v) is 16.0. The second kappa shape index (κ2) is 11.9. The van der Waals surface area contributed by atoms with E-state index in [1.54, 1.807) is 6.20 Å². The number of likely N-dealkylation sites (tertiary alicyclic amines) is 1. The van der Waals surface area contributed by atoms with E-state index in [1.807, 2.05) is 42.5 Å². The fourth-order valence-corrected chi connectivity index (χ4v) is 3.53. The summed E-state index contributed by atoms with van der Waals surface area (Å²) in [6.45, 7) is 2.69. The molecule has 0 saturated carbocycles. The number of hydrogen-bond acceptors (Lipinski definition) is 4. The molecule has 0 unspecified atom stereocenters. The molecule has 146 valence electrons. The van der Waals surface area contributed by atoms with Crippen molar-refractivity contribution >= 4 is 47.1 Å². The summed E-state index contributed by atoms with van der Waals surface area (Å²) in [5.74, 6) is -0.727. The Labute approximate surface area is 193 Å². The van der Waals surface area contributed by atoms with Gasteiger partial charge in [0.05, 0.1) is 11.8 Å². The van der Waals surface area contributed by atoms with Gasteiger partial charge in [0, 0.05) is 30.7 Å². The van der Waals surface area contributed by atoms with Gasteiger partial charge in [0.2, 0.25) is 0 Å². The van der Waals surface area contributed by atoms with Crippen molar-refractivity contribution in [2.24, 2.45) is 0 Å². The number of carbonyl (C=O) groups is 1. The third-order valence-electron chi connectivity index (χ3n) is 4.86. The SMILES string of the molecule is O=C(O)CCCN1CCC(O[C@@H](c2ccc(Cl)cc2)c2ccccn2)CC1.[NaH]. The molecule has 0 amide bonds. The Balaban J connectivity index is 0.00000280. The van der Waals surface area contributed by atoms with Crippen LogP contribution in [0.2, 0.25) is 5.02 Å². The van der Waals surface area contributed by atoms with Crippen molar-refractivity contribution in [2.75, 3.05) is 19.6 Å². The van der Waals surface area contributed by atoms with Crippen LogP contribution in [0.1, 0.15) is 43.0 Å². The predicted octanol–water partition coefficient (Wildman–Crippen LogP) is 3.52. The van der Waals surface area contributed by atoms with Gasteiger partial charge >= 0.3 is 35.5 Å². The number of carboxylic acid groups (broad SMARTS) is 1. The van der Waals surface area contributed by atoms with Crippen molar-refractivity contribution in [2.45, 2.75) is 37.9 Å². The minimum atomic E-state index is -0.727. The van der Waals surface area contributed by atoms with Gasteiger partial charge in [-0.15, -0.1) is 0 Å². The molecule has 1 N–H and O–H groups in total. The van der Waals surface area contributed by atoms with Crippen LogP contribution in [0, 0.1) is 0 Å². The van der Waals surface area contributed by atoms with Crippen LogP contribution in [0.15, 0.2) is 48.7 Å². The van der Waals surface area contributed by atoms with E-state index < -0.39 is 5.97 Å². The van der Waals surface area contributed by atoms with Gasteiger partial charge in [-0.3, -0.25) is 9.78 Å². The molecule has 1 aromatic carbocycles. The number of halogens is 1. The number of benzene rings is 1. The van der Waals surface area contributed by atoms with E-state index in [0.29, 0.717) is 11.4 Å². The second-order valence-electron chi connectivity index (χ2n) is 6.86. The number of hydrogen-bond donors (Lipinski definition) is 1. The maximum atomic E-state index is 10.7. The summed E-state index contributed by atoms with van der Waals surface area (Å²) in [5, 5.41) is 9.47. The molecule has 7 heteroatoms. The van der Waals surface area contributed by atoms with Gasteiger partial charge in [0.1, 0.15) is 6.10 Å². The van der Waals surface area contributed by atoms with E-state index in [0.717, 1.165) is 43.7 Å². The number of aromatic nitrogens is 1. The Morgan fingerprint density at radius 3 is 2.54 bits per heavy atom. The molecule has 1 fully saturated rings. The van der Waals surface area contributed by atoms with E-state index in [9.17, 15) is 4.79 Å². The molecule has 1 aliphatic heterocycles. The molecule has 28 heavy (non-hydrogen) atoms. The van der Waals surface area contributed by atoms with Gasteiger partial charge < -0.3 is 14.7 Å². The third kappa shape index (κ3) is 7.14. The Morgan fingerprint density at radius 1 is 1.21 bits per heavy atom. The average Bonchev–Trinajstić information content (AvgIpc) is 2.68. The Morgan fingerprint density at radius 2 is 1.93 bits per heavy atom. The van der Waals surface area contributed by atoms with Gasteiger partial charge in [-0.25, -0.2) is 0 Å². The van der Waals surface area contributed by atoms with E-state index in [2.05, 4.69) is 9.88 Å². The van der Waals surface area contributed by atoms with Crippen molar-refractivity contribution in [1.82, 2.24) is 9.88 Å². The number of piperidine rings is 1. The number of ether oxygens (including phenoxy) is 1. The molecule has 0 spiro atoms. The first-order valence-corrected chi connectivity index (χ1v) is 9.75. The standard InChI is InChI=1S/C21H25ClN2O3.Na.H/c22-17-8-6-16(7-9-17)21(19-4-1-2-12-23-19)27-18-10-14-24(15-11-18)13-3-5-20(25)26;;/h1-2,4,6-9,12,18,21H,3,5,10-11,13-15H2,(H,25,26);;/t21-;;/m0../s1.